The van der Waals surface area contributed by atoms with Gasteiger partial charge in [-0.15, -0.1) is 0 Å². The first-order valence-corrected chi connectivity index (χ1v) is 10.9. The maximum atomic E-state index is 12.7. The Balaban J connectivity index is 1.62. The van der Waals surface area contributed by atoms with Crippen LogP contribution in [0.1, 0.15) is 31.4 Å². The average molecular weight is 463 g/mol. The molecule has 0 unspecified atom stereocenters. The molecule has 1 N–H and O–H groups in total. The smallest absolute Gasteiger partial charge is 0.311 e. The van der Waals surface area contributed by atoms with Crippen molar-refractivity contribution in [3.63, 3.8) is 0 Å². The van der Waals surface area contributed by atoms with Crippen molar-refractivity contribution < 1.29 is 19.1 Å². The van der Waals surface area contributed by atoms with E-state index in [9.17, 15) is 14.4 Å². The van der Waals surface area contributed by atoms with Crippen LogP contribution in [-0.4, -0.2) is 30.9 Å². The zero-order valence-corrected chi connectivity index (χ0v) is 18.9. The Labute approximate surface area is 191 Å². The van der Waals surface area contributed by atoms with Gasteiger partial charge in [-0.2, -0.15) is 0 Å². The quantitative estimate of drug-likeness (QED) is 0.607. The van der Waals surface area contributed by atoms with Crippen LogP contribution in [0, 0.1) is 5.92 Å². The number of carbonyl (C=O) groups is 3. The van der Waals surface area contributed by atoms with Gasteiger partial charge in [0.15, 0.2) is 6.61 Å². The monoisotopic (exact) mass is 462 g/mol. The van der Waals surface area contributed by atoms with E-state index in [2.05, 4.69) is 5.32 Å². The van der Waals surface area contributed by atoms with Gasteiger partial charge in [-0.25, -0.2) is 0 Å². The second-order valence-corrected chi connectivity index (χ2v) is 8.16. The van der Waals surface area contributed by atoms with Crippen molar-refractivity contribution in [3.8, 4) is 0 Å². The highest BCUT2D eigenvalue weighted by molar-refractivity contribution is 6.35. The molecule has 1 heterocycles. The maximum absolute atomic E-state index is 12.7. The summed E-state index contributed by atoms with van der Waals surface area (Å²) >= 11 is 11.9. The molecule has 31 heavy (non-hydrogen) atoms. The van der Waals surface area contributed by atoms with Crippen molar-refractivity contribution in [2.24, 2.45) is 5.92 Å². The molecule has 8 heteroatoms. The number of nitrogens with zero attached hydrogens (tertiary/aromatic N) is 1. The van der Waals surface area contributed by atoms with Crippen LogP contribution in [0.2, 0.25) is 10.0 Å². The molecule has 0 radical (unpaired) electrons. The minimum Gasteiger partial charge on any atom is -0.455 e. The highest BCUT2D eigenvalue weighted by Gasteiger charge is 2.37. The average Bonchev–Trinajstić information content (AvgIpc) is 3.15. The number of carbonyl (C=O) groups excluding carboxylic acids is 3. The summed E-state index contributed by atoms with van der Waals surface area (Å²) < 4.78 is 5.17. The molecule has 1 aliphatic heterocycles. The maximum Gasteiger partial charge on any atom is 0.311 e. The molecule has 1 fully saturated rings. The lowest BCUT2D eigenvalue weighted by molar-refractivity contribution is -0.151. The molecule has 2 aromatic rings. The van der Waals surface area contributed by atoms with Crippen LogP contribution in [0.25, 0.3) is 0 Å². The first-order chi connectivity index (χ1) is 14.8. The van der Waals surface area contributed by atoms with Crippen LogP contribution >= 0.6 is 23.2 Å². The number of nitrogens with one attached hydrogen (secondary N) is 1. The Hall–Kier alpha value is -2.57. The van der Waals surface area contributed by atoms with Crippen LogP contribution in [0.15, 0.2) is 36.4 Å². The van der Waals surface area contributed by atoms with E-state index in [1.807, 2.05) is 32.0 Å². The molecule has 2 aromatic carbocycles. The van der Waals surface area contributed by atoms with Crippen LogP contribution < -0.4 is 10.2 Å². The fraction of sp³-hybridized carbons (Fsp3) is 0.348. The van der Waals surface area contributed by atoms with Crippen LogP contribution in [0.3, 0.4) is 0 Å². The van der Waals surface area contributed by atoms with Crippen LogP contribution in [-0.2, 0) is 32.0 Å². The predicted octanol–water partition coefficient (Wildman–Crippen LogP) is 4.65. The fourth-order valence-electron chi connectivity index (χ4n) is 3.68. The van der Waals surface area contributed by atoms with Gasteiger partial charge in [-0.1, -0.05) is 55.2 Å². The summed E-state index contributed by atoms with van der Waals surface area (Å²) in [5.74, 6) is -1.85. The number of halogens is 2. The third-order valence-electron chi connectivity index (χ3n) is 5.24. The van der Waals surface area contributed by atoms with Crippen molar-refractivity contribution >= 4 is 52.4 Å². The van der Waals surface area contributed by atoms with Crippen molar-refractivity contribution in [1.82, 2.24) is 0 Å². The van der Waals surface area contributed by atoms with E-state index in [-0.39, 0.29) is 18.9 Å². The van der Waals surface area contributed by atoms with E-state index in [1.165, 1.54) is 6.07 Å². The van der Waals surface area contributed by atoms with Gasteiger partial charge in [0.1, 0.15) is 0 Å². The second-order valence-electron chi connectivity index (χ2n) is 7.32. The Bertz CT molecular complexity index is 987. The standard InChI is InChI=1S/C23H24Cl2N2O4/c1-3-14-6-5-7-15(4-2)22(14)27-12-16(10-21(27)29)23(30)31-13-20(28)26-19-11-17(24)8-9-18(19)25/h5-9,11,16H,3-4,10,12-13H2,1-2H3,(H,26,28)/t16-/m1/s1. The molecule has 0 aromatic heterocycles. The number of hydrogen-bond donors (Lipinski definition) is 1. The zero-order chi connectivity index (χ0) is 22.5. The minimum absolute atomic E-state index is 0.0573. The number of esters is 1. The molecule has 1 saturated heterocycles. The van der Waals surface area contributed by atoms with Gasteiger partial charge in [0.05, 0.1) is 16.6 Å². The van der Waals surface area contributed by atoms with Gasteiger partial charge < -0.3 is 15.0 Å². The first kappa shape index (κ1) is 23.1. The normalized spacial score (nSPS) is 15.8. The largest absolute Gasteiger partial charge is 0.455 e. The zero-order valence-electron chi connectivity index (χ0n) is 17.4. The second kappa shape index (κ2) is 10.2. The molecular formula is C23H24Cl2N2O4. The third kappa shape index (κ3) is 5.38. The van der Waals surface area contributed by atoms with E-state index in [0.717, 1.165) is 29.7 Å². The van der Waals surface area contributed by atoms with E-state index in [4.69, 9.17) is 27.9 Å². The number of aryl methyl sites for hydroxylation is 2. The molecule has 3 rings (SSSR count). The number of benzene rings is 2. The van der Waals surface area contributed by atoms with Crippen molar-refractivity contribution in [1.29, 1.82) is 0 Å². The molecule has 0 saturated carbocycles. The SMILES string of the molecule is CCc1cccc(CC)c1N1C[C@H](C(=O)OCC(=O)Nc2cc(Cl)ccc2Cl)CC1=O. The predicted molar refractivity (Wildman–Crippen MR) is 122 cm³/mol. The number of amides is 2. The number of ether oxygens (including phenoxy) is 1. The lowest BCUT2D eigenvalue weighted by Crippen LogP contribution is -2.29. The molecule has 0 aliphatic carbocycles. The van der Waals surface area contributed by atoms with Gasteiger partial charge in [-0.05, 0) is 42.2 Å². The summed E-state index contributed by atoms with van der Waals surface area (Å²) in [4.78, 5) is 39.0. The summed E-state index contributed by atoms with van der Waals surface area (Å²) in [5, 5.41) is 3.30. The Morgan fingerprint density at radius 3 is 2.45 bits per heavy atom. The van der Waals surface area contributed by atoms with Gasteiger partial charge in [0.2, 0.25) is 5.91 Å². The molecule has 0 spiro atoms. The molecule has 6 nitrogen and oxygen atoms in total. The lowest BCUT2D eigenvalue weighted by Gasteiger charge is -2.23. The molecule has 1 aliphatic rings. The van der Waals surface area contributed by atoms with Crippen molar-refractivity contribution in [2.75, 3.05) is 23.4 Å². The lowest BCUT2D eigenvalue weighted by atomic mass is 10.0. The summed E-state index contributed by atoms with van der Waals surface area (Å²) in [6, 6.07) is 10.6. The van der Waals surface area contributed by atoms with E-state index >= 15 is 0 Å². The third-order valence-corrected chi connectivity index (χ3v) is 5.81. The van der Waals surface area contributed by atoms with E-state index < -0.39 is 24.4 Å². The van der Waals surface area contributed by atoms with E-state index in [1.54, 1.807) is 17.0 Å². The molecule has 164 valence electrons. The van der Waals surface area contributed by atoms with Crippen molar-refractivity contribution in [3.05, 3.63) is 57.6 Å². The highest BCUT2D eigenvalue weighted by atomic mass is 35.5. The summed E-state index contributed by atoms with van der Waals surface area (Å²) in [6.45, 7) is 3.84. The van der Waals surface area contributed by atoms with Gasteiger partial charge in [-0.3, -0.25) is 14.4 Å². The molecular weight excluding hydrogens is 439 g/mol. The molecule has 1 atom stereocenters. The van der Waals surface area contributed by atoms with Crippen LogP contribution in [0.4, 0.5) is 11.4 Å². The van der Waals surface area contributed by atoms with Crippen molar-refractivity contribution in [2.45, 2.75) is 33.1 Å². The number of rotatable bonds is 7. The Kier molecular flexibility index (Phi) is 7.57. The highest BCUT2D eigenvalue weighted by Crippen LogP contribution is 2.33. The number of hydrogen-bond acceptors (Lipinski definition) is 4. The van der Waals surface area contributed by atoms with E-state index in [0.29, 0.717) is 15.7 Å². The molecule has 2 amide bonds. The first-order valence-electron chi connectivity index (χ1n) is 10.2. The van der Waals surface area contributed by atoms with Crippen LogP contribution in [0.5, 0.6) is 0 Å². The fourth-order valence-corrected chi connectivity index (χ4v) is 4.01. The summed E-state index contributed by atoms with van der Waals surface area (Å²) in [5.41, 5.74) is 3.36. The van der Waals surface area contributed by atoms with Gasteiger partial charge in [0.25, 0.3) is 5.91 Å². The topological polar surface area (TPSA) is 75.7 Å². The van der Waals surface area contributed by atoms with Gasteiger partial charge >= 0.3 is 5.97 Å². The Morgan fingerprint density at radius 1 is 1.13 bits per heavy atom. The van der Waals surface area contributed by atoms with Gasteiger partial charge in [0, 0.05) is 23.7 Å². The molecule has 0 bridgehead atoms. The number of para-hydroxylation sites is 1. The minimum atomic E-state index is -0.621. The number of anilines is 2. The summed E-state index contributed by atoms with van der Waals surface area (Å²) in [7, 11) is 0. The Morgan fingerprint density at radius 2 is 1.81 bits per heavy atom. The summed E-state index contributed by atoms with van der Waals surface area (Å²) in [6.07, 6.45) is 1.63.